The molecule has 0 aliphatic carbocycles. The van der Waals surface area contributed by atoms with Crippen molar-refractivity contribution in [3.63, 3.8) is 0 Å². The van der Waals surface area contributed by atoms with Gasteiger partial charge < -0.3 is 15.6 Å². The van der Waals surface area contributed by atoms with Crippen molar-refractivity contribution in [2.75, 3.05) is 11.9 Å². The van der Waals surface area contributed by atoms with Crippen molar-refractivity contribution in [3.05, 3.63) is 47.5 Å². The molecule has 112 valence electrons. The number of anilines is 1. The van der Waals surface area contributed by atoms with Crippen molar-refractivity contribution in [2.24, 2.45) is 5.73 Å². The molecule has 5 heteroatoms. The minimum Gasteiger partial charge on any atom is -0.335 e. The summed E-state index contributed by atoms with van der Waals surface area (Å²) in [6.07, 6.45) is 5.12. The molecule has 21 heavy (non-hydrogen) atoms. The first-order chi connectivity index (χ1) is 10.2. The Morgan fingerprint density at radius 2 is 1.95 bits per heavy atom. The Hall–Kier alpha value is -2.14. The van der Waals surface area contributed by atoms with Crippen LogP contribution in [0.3, 0.4) is 0 Å². The molecular formula is C16H22N4O. The summed E-state index contributed by atoms with van der Waals surface area (Å²) in [7, 11) is 0. The number of nitrogens with two attached hydrogens (primary N) is 1. The summed E-state index contributed by atoms with van der Waals surface area (Å²) in [5, 5.41) is 3.01. The highest BCUT2D eigenvalue weighted by atomic mass is 16.1. The van der Waals surface area contributed by atoms with Crippen LogP contribution in [0.2, 0.25) is 0 Å². The number of aryl methyl sites for hydroxylation is 2. The zero-order chi connectivity index (χ0) is 15.2. The Labute approximate surface area is 125 Å². The maximum atomic E-state index is 12.3. The van der Waals surface area contributed by atoms with E-state index in [1.54, 1.807) is 12.5 Å². The highest BCUT2D eigenvalue weighted by molar-refractivity contribution is 6.03. The minimum absolute atomic E-state index is 0.179. The molecule has 5 nitrogen and oxygen atoms in total. The Morgan fingerprint density at radius 3 is 2.52 bits per heavy atom. The van der Waals surface area contributed by atoms with E-state index in [0.717, 1.165) is 29.7 Å². The highest BCUT2D eigenvalue weighted by Gasteiger charge is 2.13. The second-order valence-corrected chi connectivity index (χ2v) is 4.90. The number of para-hydroxylation sites is 1. The lowest BCUT2D eigenvalue weighted by Gasteiger charge is -2.13. The van der Waals surface area contributed by atoms with Crippen LogP contribution in [-0.4, -0.2) is 22.0 Å². The smallest absolute Gasteiger partial charge is 0.275 e. The molecule has 0 fully saturated rings. The average molecular weight is 286 g/mol. The third-order valence-electron chi connectivity index (χ3n) is 3.49. The van der Waals surface area contributed by atoms with E-state index in [9.17, 15) is 4.79 Å². The van der Waals surface area contributed by atoms with Gasteiger partial charge in [-0.25, -0.2) is 4.98 Å². The number of rotatable bonds is 6. The van der Waals surface area contributed by atoms with Gasteiger partial charge in [0.15, 0.2) is 0 Å². The number of nitrogens with zero attached hydrogens (tertiary/aromatic N) is 2. The Morgan fingerprint density at radius 1 is 1.29 bits per heavy atom. The van der Waals surface area contributed by atoms with E-state index >= 15 is 0 Å². The van der Waals surface area contributed by atoms with E-state index in [1.165, 1.54) is 0 Å². The lowest BCUT2D eigenvalue weighted by Crippen LogP contribution is -2.15. The van der Waals surface area contributed by atoms with Crippen LogP contribution in [0.4, 0.5) is 5.69 Å². The van der Waals surface area contributed by atoms with Crippen LogP contribution in [0.15, 0.2) is 30.7 Å². The van der Waals surface area contributed by atoms with Crippen LogP contribution in [0.5, 0.6) is 0 Å². The zero-order valence-electron chi connectivity index (χ0n) is 12.6. The van der Waals surface area contributed by atoms with Gasteiger partial charge in [-0.1, -0.05) is 32.0 Å². The van der Waals surface area contributed by atoms with E-state index in [1.807, 2.05) is 22.8 Å². The molecule has 1 aromatic carbocycles. The van der Waals surface area contributed by atoms with E-state index in [-0.39, 0.29) is 5.91 Å². The molecule has 0 bridgehead atoms. The quantitative estimate of drug-likeness (QED) is 0.855. The molecule has 2 rings (SSSR count). The Kier molecular flexibility index (Phi) is 5.11. The van der Waals surface area contributed by atoms with Gasteiger partial charge in [0.1, 0.15) is 5.69 Å². The van der Waals surface area contributed by atoms with E-state index in [4.69, 9.17) is 5.73 Å². The predicted molar refractivity (Wildman–Crippen MR) is 84.4 cm³/mol. The van der Waals surface area contributed by atoms with Gasteiger partial charge in [0.25, 0.3) is 5.91 Å². The third kappa shape index (κ3) is 3.49. The number of amides is 1. The second-order valence-electron chi connectivity index (χ2n) is 4.90. The van der Waals surface area contributed by atoms with Crippen LogP contribution in [-0.2, 0) is 19.4 Å². The van der Waals surface area contributed by atoms with Crippen LogP contribution >= 0.6 is 0 Å². The van der Waals surface area contributed by atoms with Crippen molar-refractivity contribution < 1.29 is 4.79 Å². The zero-order valence-corrected chi connectivity index (χ0v) is 12.6. The second kappa shape index (κ2) is 7.04. The van der Waals surface area contributed by atoms with Crippen LogP contribution in [0.25, 0.3) is 0 Å². The minimum atomic E-state index is -0.179. The first kappa shape index (κ1) is 15.3. The molecular weight excluding hydrogens is 264 g/mol. The summed E-state index contributed by atoms with van der Waals surface area (Å²) < 4.78 is 1.82. The fourth-order valence-electron chi connectivity index (χ4n) is 2.33. The predicted octanol–water partition coefficient (Wildman–Crippen LogP) is 2.22. The molecule has 0 saturated heterocycles. The molecule has 0 aliphatic rings. The standard InChI is InChI=1S/C16H22N4O/c1-3-12-6-5-7-13(4-2)15(12)19-16(21)14-10-20(9-8-17)11-18-14/h5-7,10-11H,3-4,8-9,17H2,1-2H3,(H,19,21). The number of benzene rings is 1. The molecule has 3 N–H and O–H groups in total. The summed E-state index contributed by atoms with van der Waals surface area (Å²) >= 11 is 0. The molecule has 1 amide bonds. The van der Waals surface area contributed by atoms with Gasteiger partial charge in [-0.15, -0.1) is 0 Å². The number of hydrogen-bond acceptors (Lipinski definition) is 3. The highest BCUT2D eigenvalue weighted by Crippen LogP contribution is 2.23. The van der Waals surface area contributed by atoms with Crippen molar-refractivity contribution in [1.29, 1.82) is 0 Å². The lowest BCUT2D eigenvalue weighted by atomic mass is 10.0. The van der Waals surface area contributed by atoms with Gasteiger partial charge in [-0.3, -0.25) is 4.79 Å². The van der Waals surface area contributed by atoms with Crippen molar-refractivity contribution in [2.45, 2.75) is 33.2 Å². The molecule has 1 heterocycles. The van der Waals surface area contributed by atoms with Gasteiger partial charge in [-0.05, 0) is 24.0 Å². The molecule has 1 aromatic heterocycles. The number of aromatic nitrogens is 2. The summed E-state index contributed by atoms with van der Waals surface area (Å²) in [4.78, 5) is 16.5. The lowest BCUT2D eigenvalue weighted by molar-refractivity contribution is 0.102. The van der Waals surface area contributed by atoms with Crippen molar-refractivity contribution in [3.8, 4) is 0 Å². The van der Waals surface area contributed by atoms with E-state index in [2.05, 4.69) is 24.1 Å². The summed E-state index contributed by atoms with van der Waals surface area (Å²) in [6.45, 7) is 5.35. The van der Waals surface area contributed by atoms with Gasteiger partial charge >= 0.3 is 0 Å². The number of hydrogen-bond donors (Lipinski definition) is 2. The molecule has 0 spiro atoms. The first-order valence-electron chi connectivity index (χ1n) is 7.33. The van der Waals surface area contributed by atoms with Crippen molar-refractivity contribution in [1.82, 2.24) is 9.55 Å². The SMILES string of the molecule is CCc1cccc(CC)c1NC(=O)c1cn(CCN)cn1. The molecule has 2 aromatic rings. The number of nitrogens with one attached hydrogen (secondary N) is 1. The molecule has 0 unspecified atom stereocenters. The van der Waals surface area contributed by atoms with E-state index in [0.29, 0.717) is 18.8 Å². The normalized spacial score (nSPS) is 10.6. The molecule has 0 saturated carbocycles. The van der Waals surface area contributed by atoms with Crippen molar-refractivity contribution >= 4 is 11.6 Å². The van der Waals surface area contributed by atoms with Crippen LogP contribution < -0.4 is 11.1 Å². The Balaban J connectivity index is 2.22. The fraction of sp³-hybridized carbons (Fsp3) is 0.375. The fourth-order valence-corrected chi connectivity index (χ4v) is 2.33. The monoisotopic (exact) mass is 286 g/mol. The average Bonchev–Trinajstić information content (AvgIpc) is 2.96. The van der Waals surface area contributed by atoms with Gasteiger partial charge in [-0.2, -0.15) is 0 Å². The Bertz CT molecular complexity index is 596. The van der Waals surface area contributed by atoms with Gasteiger partial charge in [0.05, 0.1) is 6.33 Å². The molecule has 0 atom stereocenters. The molecule has 0 radical (unpaired) electrons. The third-order valence-corrected chi connectivity index (χ3v) is 3.49. The number of carbonyl (C=O) groups excluding carboxylic acids is 1. The number of carbonyl (C=O) groups is 1. The van der Waals surface area contributed by atoms with Crippen LogP contribution in [0, 0.1) is 0 Å². The van der Waals surface area contributed by atoms with Gasteiger partial charge in [0, 0.05) is 25.0 Å². The maximum absolute atomic E-state index is 12.3. The van der Waals surface area contributed by atoms with Gasteiger partial charge in [0.2, 0.25) is 0 Å². The summed E-state index contributed by atoms with van der Waals surface area (Å²) in [5.74, 6) is -0.179. The molecule has 0 aliphatic heterocycles. The van der Waals surface area contributed by atoms with Crippen LogP contribution in [0.1, 0.15) is 35.5 Å². The topological polar surface area (TPSA) is 72.9 Å². The first-order valence-corrected chi connectivity index (χ1v) is 7.33. The largest absolute Gasteiger partial charge is 0.335 e. The van der Waals surface area contributed by atoms with E-state index < -0.39 is 0 Å². The maximum Gasteiger partial charge on any atom is 0.275 e. The number of imidazole rings is 1. The summed E-state index contributed by atoms with van der Waals surface area (Å²) in [6, 6.07) is 6.12. The summed E-state index contributed by atoms with van der Waals surface area (Å²) in [5.41, 5.74) is 9.11.